The van der Waals surface area contributed by atoms with Crippen molar-refractivity contribution in [3.05, 3.63) is 113 Å². The lowest BCUT2D eigenvalue weighted by atomic mass is 10.1. The highest BCUT2D eigenvalue weighted by Gasteiger charge is 2.46. The minimum atomic E-state index is -4.18. The van der Waals surface area contributed by atoms with Crippen molar-refractivity contribution in [2.45, 2.75) is 23.8 Å². The van der Waals surface area contributed by atoms with Gasteiger partial charge >= 0.3 is 0 Å². The summed E-state index contributed by atoms with van der Waals surface area (Å²) in [4.78, 5) is 32.5. The Labute approximate surface area is 252 Å². The number of carbonyl (C=O) groups is 2. The average molecular weight is 621 g/mol. The van der Waals surface area contributed by atoms with Crippen molar-refractivity contribution >= 4 is 61.8 Å². The molecule has 1 saturated heterocycles. The van der Waals surface area contributed by atoms with Gasteiger partial charge in [0, 0.05) is 22.2 Å². The van der Waals surface area contributed by atoms with Gasteiger partial charge in [-0.2, -0.15) is 4.31 Å². The second kappa shape index (κ2) is 11.3. The van der Waals surface area contributed by atoms with Crippen molar-refractivity contribution < 1.29 is 22.4 Å². The summed E-state index contributed by atoms with van der Waals surface area (Å²) in [6.07, 6.45) is -0.0153. The molecule has 0 aliphatic carbocycles. The second-order valence-corrected chi connectivity index (χ2v) is 12.5. The molecule has 0 bridgehead atoms. The van der Waals surface area contributed by atoms with Crippen molar-refractivity contribution in [3.63, 3.8) is 0 Å². The third kappa shape index (κ3) is 5.44. The zero-order chi connectivity index (χ0) is 29.4. The van der Waals surface area contributed by atoms with Gasteiger partial charge in [-0.15, -0.1) is 0 Å². The number of carbonyl (C=O) groups excluding carboxylic acids is 2. The number of nitrogens with zero attached hydrogens (tertiary/aromatic N) is 3. The fourth-order valence-electron chi connectivity index (χ4n) is 4.98. The first kappa shape index (κ1) is 28.1. The van der Waals surface area contributed by atoms with Gasteiger partial charge in [-0.05, 0) is 84.8 Å². The van der Waals surface area contributed by atoms with Gasteiger partial charge < -0.3 is 4.42 Å². The molecule has 42 heavy (non-hydrogen) atoms. The number of imide groups is 1. The molecule has 2 amide bonds. The maximum atomic E-state index is 13.8. The summed E-state index contributed by atoms with van der Waals surface area (Å²) in [6.45, 7) is -0.0422. The van der Waals surface area contributed by atoms with E-state index in [0.717, 1.165) is 14.8 Å². The van der Waals surface area contributed by atoms with Gasteiger partial charge in [-0.25, -0.2) is 18.3 Å². The first-order valence-electron chi connectivity index (χ1n) is 13.1. The first-order chi connectivity index (χ1) is 20.2. The molecule has 1 aliphatic heterocycles. The first-order valence-corrected chi connectivity index (χ1v) is 15.2. The van der Waals surface area contributed by atoms with E-state index in [9.17, 15) is 18.0 Å². The quantitative estimate of drug-likeness (QED) is 0.187. The number of fused-ring (bicyclic) bond motifs is 1. The summed E-state index contributed by atoms with van der Waals surface area (Å²) >= 11 is 12.1. The topological polar surface area (TPSA) is 101 Å². The number of hydrogen-bond donors (Lipinski definition) is 0. The van der Waals surface area contributed by atoms with Crippen molar-refractivity contribution in [1.82, 2.24) is 9.29 Å². The van der Waals surface area contributed by atoms with Gasteiger partial charge in [0.15, 0.2) is 5.58 Å². The summed E-state index contributed by atoms with van der Waals surface area (Å²) in [5.41, 5.74) is 3.14. The van der Waals surface area contributed by atoms with Crippen molar-refractivity contribution in [2.75, 3.05) is 11.4 Å². The number of para-hydroxylation sites is 2. The van der Waals surface area contributed by atoms with E-state index in [-0.39, 0.29) is 24.3 Å². The van der Waals surface area contributed by atoms with E-state index in [1.807, 2.05) is 30.3 Å². The lowest BCUT2D eigenvalue weighted by molar-refractivity contribution is -0.122. The van der Waals surface area contributed by atoms with Crippen molar-refractivity contribution in [3.8, 4) is 11.5 Å². The zero-order valence-corrected chi connectivity index (χ0v) is 24.3. The molecular weight excluding hydrogens is 597 g/mol. The number of sulfonamides is 1. The molecule has 1 fully saturated rings. The molecule has 0 N–H and O–H groups in total. The number of benzene rings is 4. The molecule has 6 rings (SSSR count). The molecule has 5 aromatic rings. The Hall–Kier alpha value is -4.02. The molecule has 1 aliphatic rings. The van der Waals surface area contributed by atoms with Crippen LogP contribution in [0.4, 0.5) is 5.69 Å². The van der Waals surface area contributed by atoms with Crippen LogP contribution in [0.3, 0.4) is 0 Å². The average Bonchev–Trinajstić information content (AvgIpc) is 3.54. The fraction of sp³-hybridized carbons (Fsp3) is 0.129. The van der Waals surface area contributed by atoms with E-state index >= 15 is 0 Å². The molecule has 4 aromatic carbocycles. The normalized spacial score (nSPS) is 15.7. The molecule has 0 spiro atoms. The van der Waals surface area contributed by atoms with Crippen LogP contribution in [0.5, 0.6) is 0 Å². The predicted octanol–water partition coefficient (Wildman–Crippen LogP) is 6.37. The van der Waals surface area contributed by atoms with Gasteiger partial charge in [0.25, 0.3) is 5.91 Å². The minimum absolute atomic E-state index is 0.0284. The Morgan fingerprint density at radius 3 is 2.33 bits per heavy atom. The lowest BCUT2D eigenvalue weighted by Crippen LogP contribution is -2.46. The highest BCUT2D eigenvalue weighted by Crippen LogP contribution is 2.32. The van der Waals surface area contributed by atoms with Gasteiger partial charge in [-0.1, -0.05) is 47.5 Å². The number of amides is 2. The maximum absolute atomic E-state index is 13.8. The van der Waals surface area contributed by atoms with Gasteiger partial charge in [-0.3, -0.25) is 9.59 Å². The lowest BCUT2D eigenvalue weighted by Gasteiger charge is -2.27. The largest absolute Gasteiger partial charge is 0.436 e. The molecule has 2 heterocycles. The maximum Gasteiger partial charge on any atom is 0.252 e. The summed E-state index contributed by atoms with van der Waals surface area (Å²) in [5.74, 6) is -0.724. The van der Waals surface area contributed by atoms with Crippen LogP contribution < -0.4 is 4.90 Å². The molecular formula is C31H23Cl2N3O5S. The number of hydrogen-bond acceptors (Lipinski definition) is 6. The van der Waals surface area contributed by atoms with Gasteiger partial charge in [0.2, 0.25) is 21.8 Å². The van der Waals surface area contributed by atoms with Gasteiger partial charge in [0.1, 0.15) is 11.6 Å². The van der Waals surface area contributed by atoms with E-state index in [1.165, 1.54) is 24.3 Å². The molecule has 11 heteroatoms. The third-order valence-electron chi connectivity index (χ3n) is 7.07. The summed E-state index contributed by atoms with van der Waals surface area (Å²) in [7, 11) is -4.18. The molecule has 1 aromatic heterocycles. The van der Waals surface area contributed by atoms with E-state index in [0.29, 0.717) is 38.3 Å². The Morgan fingerprint density at radius 2 is 1.62 bits per heavy atom. The molecule has 1 unspecified atom stereocenters. The molecule has 1 atom stereocenters. The second-order valence-electron chi connectivity index (χ2n) is 9.77. The highest BCUT2D eigenvalue weighted by atomic mass is 35.5. The number of oxazole rings is 1. The number of anilines is 1. The van der Waals surface area contributed by atoms with E-state index in [2.05, 4.69) is 4.98 Å². The van der Waals surface area contributed by atoms with Crippen LogP contribution in [-0.4, -0.2) is 42.1 Å². The molecule has 8 nitrogen and oxygen atoms in total. The minimum Gasteiger partial charge on any atom is -0.436 e. The molecule has 0 saturated carbocycles. The number of rotatable bonds is 8. The molecule has 0 radical (unpaired) electrons. The highest BCUT2D eigenvalue weighted by molar-refractivity contribution is 7.89. The number of halogens is 2. The number of aromatic nitrogens is 1. The Kier molecular flexibility index (Phi) is 7.59. The fourth-order valence-corrected chi connectivity index (χ4v) is 6.90. The van der Waals surface area contributed by atoms with Crippen LogP contribution in [0.25, 0.3) is 22.6 Å². The smallest absolute Gasteiger partial charge is 0.252 e. The van der Waals surface area contributed by atoms with Crippen LogP contribution in [0.1, 0.15) is 12.0 Å². The van der Waals surface area contributed by atoms with Crippen molar-refractivity contribution in [2.24, 2.45) is 0 Å². The standard InChI is InChI=1S/C31H23Cl2N3O5S/c32-22-10-14-25(15-11-22)42(39,40)35(17-16-20-4-3-5-23(33)18-20)27-19-29(37)36(31(27)38)24-12-8-21(9-13-24)30-34-26-6-1-2-7-28(26)41-30/h1-15,18,27H,16-17,19H2. The van der Waals surface area contributed by atoms with E-state index in [1.54, 1.807) is 42.5 Å². The van der Waals surface area contributed by atoms with Crippen LogP contribution in [0.15, 0.2) is 106 Å². The van der Waals surface area contributed by atoms with Crippen LogP contribution in [0.2, 0.25) is 10.0 Å². The summed E-state index contributed by atoms with van der Waals surface area (Å²) < 4.78 is 34.6. The zero-order valence-electron chi connectivity index (χ0n) is 22.0. The predicted molar refractivity (Wildman–Crippen MR) is 161 cm³/mol. The van der Waals surface area contributed by atoms with Crippen molar-refractivity contribution in [1.29, 1.82) is 0 Å². The summed E-state index contributed by atoms with van der Waals surface area (Å²) in [6, 6.07) is 25.5. The monoisotopic (exact) mass is 619 g/mol. The Balaban J connectivity index is 1.29. The van der Waals surface area contributed by atoms with Crippen LogP contribution >= 0.6 is 23.2 Å². The Morgan fingerprint density at radius 1 is 0.881 bits per heavy atom. The molecule has 212 valence electrons. The van der Waals surface area contributed by atoms with E-state index in [4.69, 9.17) is 27.6 Å². The van der Waals surface area contributed by atoms with Gasteiger partial charge in [0.05, 0.1) is 17.0 Å². The SMILES string of the molecule is O=C1CC(N(CCc2cccc(Cl)c2)S(=O)(=O)c2ccc(Cl)cc2)C(=O)N1c1ccc(-c2nc3ccccc3o2)cc1. The Bertz CT molecular complexity index is 1870. The summed E-state index contributed by atoms with van der Waals surface area (Å²) in [5, 5.41) is 0.887. The van der Waals surface area contributed by atoms with Crippen LogP contribution in [-0.2, 0) is 26.0 Å². The van der Waals surface area contributed by atoms with Crippen LogP contribution in [0, 0.1) is 0 Å². The van der Waals surface area contributed by atoms with E-state index < -0.39 is 27.9 Å². The third-order valence-corrected chi connectivity index (χ3v) is 9.48.